The predicted octanol–water partition coefficient (Wildman–Crippen LogP) is 2.70. The van der Waals surface area contributed by atoms with E-state index in [1.54, 1.807) is 22.7 Å². The van der Waals surface area contributed by atoms with Gasteiger partial charge in [-0.2, -0.15) is 0 Å². The summed E-state index contributed by atoms with van der Waals surface area (Å²) in [4.78, 5) is 14.2. The molecule has 2 aromatic heterocycles. The van der Waals surface area contributed by atoms with E-state index in [0.717, 1.165) is 17.9 Å². The minimum Gasteiger partial charge on any atom is -0.387 e. The van der Waals surface area contributed by atoms with Crippen LogP contribution in [0, 0.1) is 5.92 Å². The minimum absolute atomic E-state index is 0.502. The van der Waals surface area contributed by atoms with E-state index in [1.807, 2.05) is 30.3 Å². The molecule has 3 N–H and O–H groups in total. The molecule has 1 saturated heterocycles. The molecule has 1 aromatic carbocycles. The average Bonchev–Trinajstić information content (AvgIpc) is 3.33. The Hall–Kier alpha value is -2.20. The number of aliphatic hydroxyl groups is 2. The van der Waals surface area contributed by atoms with Crippen molar-refractivity contribution in [3.8, 4) is 0 Å². The minimum atomic E-state index is -1.07. The molecule has 1 aliphatic heterocycles. The molecule has 0 bridgehead atoms. The summed E-state index contributed by atoms with van der Waals surface area (Å²) in [6, 6.07) is 9.91. The Balaban J connectivity index is 1.50. The van der Waals surface area contributed by atoms with E-state index in [9.17, 15) is 10.2 Å². The smallest absolute Gasteiger partial charge is 0.167 e. The number of ether oxygens (including phenoxy) is 1. The van der Waals surface area contributed by atoms with Crippen LogP contribution in [-0.4, -0.2) is 60.3 Å². The number of fused-ring (bicyclic) bond motifs is 1. The van der Waals surface area contributed by atoms with E-state index in [2.05, 4.69) is 34.1 Å². The van der Waals surface area contributed by atoms with Crippen LogP contribution in [0.3, 0.4) is 0 Å². The number of thioether (sulfide) groups is 1. The molecule has 0 radical (unpaired) electrons. The number of aliphatic hydroxyl groups excluding tert-OH is 2. The van der Waals surface area contributed by atoms with Gasteiger partial charge >= 0.3 is 0 Å². The van der Waals surface area contributed by atoms with Crippen LogP contribution in [0.2, 0.25) is 0 Å². The standard InChI is InChI=1S/C21H27N5O3S/c1-3-13(2)9-22-19-16-20(24-11-23-19)26(12-25-16)21-18(28)17(27)15(29-21)10-30-14-7-5-4-6-8-14/h4-8,11-13,15,17-18,21,27-28H,3,9-10H2,1-2H3,(H,22,23,24)/t13?,15-,17-,18-,21-/m1/s1. The molecule has 30 heavy (non-hydrogen) atoms. The molecule has 3 heterocycles. The molecule has 8 nitrogen and oxygen atoms in total. The molecule has 0 spiro atoms. The van der Waals surface area contributed by atoms with Crippen molar-refractivity contribution in [2.45, 2.75) is 49.7 Å². The number of nitrogens with one attached hydrogen (secondary N) is 1. The summed E-state index contributed by atoms with van der Waals surface area (Å²) in [6.45, 7) is 5.10. The molecular formula is C21H27N5O3S. The molecule has 160 valence electrons. The third-order valence-corrected chi connectivity index (χ3v) is 6.54. The number of rotatable bonds is 8. The van der Waals surface area contributed by atoms with Gasteiger partial charge in [0, 0.05) is 17.2 Å². The lowest BCUT2D eigenvalue weighted by Crippen LogP contribution is -2.32. The molecule has 0 saturated carbocycles. The fourth-order valence-corrected chi connectivity index (χ4v) is 4.36. The fraction of sp³-hybridized carbons (Fsp3) is 0.476. The van der Waals surface area contributed by atoms with E-state index < -0.39 is 24.5 Å². The van der Waals surface area contributed by atoms with E-state index in [-0.39, 0.29) is 0 Å². The van der Waals surface area contributed by atoms with Gasteiger partial charge in [-0.1, -0.05) is 38.5 Å². The van der Waals surface area contributed by atoms with Crippen molar-refractivity contribution < 1.29 is 14.9 Å². The normalized spacial score (nSPS) is 24.9. The van der Waals surface area contributed by atoms with Gasteiger partial charge in [-0.3, -0.25) is 4.57 Å². The second-order valence-corrected chi connectivity index (χ2v) is 8.70. The number of nitrogens with zero attached hydrogens (tertiary/aromatic N) is 4. The quantitative estimate of drug-likeness (QED) is 0.470. The molecule has 1 unspecified atom stereocenters. The van der Waals surface area contributed by atoms with Crippen molar-refractivity contribution >= 4 is 28.7 Å². The first-order valence-corrected chi connectivity index (χ1v) is 11.2. The van der Waals surface area contributed by atoms with Gasteiger partial charge in [-0.15, -0.1) is 11.8 Å². The zero-order valence-electron chi connectivity index (χ0n) is 17.0. The highest BCUT2D eigenvalue weighted by molar-refractivity contribution is 7.99. The van der Waals surface area contributed by atoms with Crippen molar-refractivity contribution in [2.24, 2.45) is 5.92 Å². The third kappa shape index (κ3) is 4.29. The first-order chi connectivity index (χ1) is 14.6. The molecule has 1 aliphatic rings. The van der Waals surface area contributed by atoms with Crippen LogP contribution in [0.4, 0.5) is 5.82 Å². The van der Waals surface area contributed by atoms with Gasteiger partial charge in [0.2, 0.25) is 0 Å². The van der Waals surface area contributed by atoms with Gasteiger partial charge in [-0.05, 0) is 18.1 Å². The van der Waals surface area contributed by atoms with Crippen molar-refractivity contribution in [1.29, 1.82) is 0 Å². The van der Waals surface area contributed by atoms with E-state index in [4.69, 9.17) is 4.74 Å². The Kier molecular flexibility index (Phi) is 6.52. The number of aromatic nitrogens is 4. The van der Waals surface area contributed by atoms with Crippen molar-refractivity contribution in [3.05, 3.63) is 43.0 Å². The lowest BCUT2D eigenvalue weighted by atomic mass is 10.1. The molecule has 5 atom stereocenters. The molecule has 0 aliphatic carbocycles. The van der Waals surface area contributed by atoms with Crippen LogP contribution in [0.15, 0.2) is 47.9 Å². The fourth-order valence-electron chi connectivity index (χ4n) is 3.37. The van der Waals surface area contributed by atoms with Gasteiger partial charge < -0.3 is 20.3 Å². The first kappa shape index (κ1) is 21.0. The highest BCUT2D eigenvalue weighted by Crippen LogP contribution is 2.34. The maximum Gasteiger partial charge on any atom is 0.167 e. The maximum absolute atomic E-state index is 10.6. The van der Waals surface area contributed by atoms with Crippen LogP contribution >= 0.6 is 11.8 Å². The molecule has 3 aromatic rings. The summed E-state index contributed by atoms with van der Waals surface area (Å²) >= 11 is 1.58. The SMILES string of the molecule is CCC(C)CNc1ncnc2c1ncn2[C@@H]1O[C@H](CSc2ccccc2)[C@@H](O)[C@H]1O. The van der Waals surface area contributed by atoms with E-state index in [1.165, 1.54) is 6.33 Å². The van der Waals surface area contributed by atoms with Crippen LogP contribution in [0.25, 0.3) is 11.2 Å². The average molecular weight is 430 g/mol. The predicted molar refractivity (Wildman–Crippen MR) is 116 cm³/mol. The Bertz CT molecular complexity index is 970. The number of anilines is 1. The lowest BCUT2D eigenvalue weighted by Gasteiger charge is -2.16. The molecule has 4 rings (SSSR count). The number of imidazole rings is 1. The summed E-state index contributed by atoms with van der Waals surface area (Å²) in [5, 5.41) is 24.5. The third-order valence-electron chi connectivity index (χ3n) is 5.44. The second kappa shape index (κ2) is 9.30. The largest absolute Gasteiger partial charge is 0.387 e. The zero-order chi connectivity index (χ0) is 21.1. The van der Waals surface area contributed by atoms with Crippen molar-refractivity contribution in [1.82, 2.24) is 19.5 Å². The highest BCUT2D eigenvalue weighted by Gasteiger charge is 2.44. The Morgan fingerprint density at radius 3 is 2.73 bits per heavy atom. The van der Waals surface area contributed by atoms with Crippen LogP contribution in [0.1, 0.15) is 26.5 Å². The number of benzene rings is 1. The van der Waals surface area contributed by atoms with Gasteiger partial charge in [0.25, 0.3) is 0 Å². The van der Waals surface area contributed by atoms with Gasteiger partial charge in [-0.25, -0.2) is 15.0 Å². The monoisotopic (exact) mass is 429 g/mol. The van der Waals surface area contributed by atoms with Crippen LogP contribution in [-0.2, 0) is 4.74 Å². The Morgan fingerprint density at radius 2 is 1.97 bits per heavy atom. The summed E-state index contributed by atoms with van der Waals surface area (Å²) in [5.74, 6) is 1.69. The van der Waals surface area contributed by atoms with Crippen LogP contribution in [0.5, 0.6) is 0 Å². The molecule has 0 amide bonds. The van der Waals surface area contributed by atoms with Gasteiger partial charge in [0.05, 0.1) is 12.4 Å². The lowest BCUT2D eigenvalue weighted by molar-refractivity contribution is -0.0289. The van der Waals surface area contributed by atoms with Gasteiger partial charge in [0.15, 0.2) is 23.2 Å². The Labute approximate surface area is 179 Å². The Morgan fingerprint density at radius 1 is 1.17 bits per heavy atom. The highest BCUT2D eigenvalue weighted by atomic mass is 32.2. The molecule has 1 fully saturated rings. The van der Waals surface area contributed by atoms with Crippen LogP contribution < -0.4 is 5.32 Å². The van der Waals surface area contributed by atoms with E-state index in [0.29, 0.717) is 28.7 Å². The number of hydrogen-bond donors (Lipinski definition) is 3. The second-order valence-electron chi connectivity index (χ2n) is 7.61. The number of hydrogen-bond acceptors (Lipinski definition) is 8. The van der Waals surface area contributed by atoms with Crippen molar-refractivity contribution in [2.75, 3.05) is 17.6 Å². The topological polar surface area (TPSA) is 105 Å². The maximum atomic E-state index is 10.6. The van der Waals surface area contributed by atoms with E-state index >= 15 is 0 Å². The van der Waals surface area contributed by atoms with Gasteiger partial charge in [0.1, 0.15) is 18.5 Å². The summed E-state index contributed by atoms with van der Waals surface area (Å²) in [5.41, 5.74) is 1.18. The molecular weight excluding hydrogens is 402 g/mol. The summed E-state index contributed by atoms with van der Waals surface area (Å²) < 4.78 is 7.71. The first-order valence-electron chi connectivity index (χ1n) is 10.2. The summed E-state index contributed by atoms with van der Waals surface area (Å²) in [7, 11) is 0. The summed E-state index contributed by atoms with van der Waals surface area (Å²) in [6.07, 6.45) is 0.795. The molecule has 9 heteroatoms. The van der Waals surface area contributed by atoms with Crippen molar-refractivity contribution in [3.63, 3.8) is 0 Å². The zero-order valence-corrected chi connectivity index (χ0v) is 17.9.